The average molecular weight is 513 g/mol. The molecule has 0 bridgehead atoms. The Labute approximate surface area is 209 Å². The highest BCUT2D eigenvalue weighted by Crippen LogP contribution is 2.33. The molecule has 0 radical (unpaired) electrons. The van der Waals surface area contributed by atoms with Crippen molar-refractivity contribution in [3.63, 3.8) is 0 Å². The number of benzene rings is 2. The van der Waals surface area contributed by atoms with Crippen molar-refractivity contribution >= 4 is 5.97 Å². The van der Waals surface area contributed by atoms with E-state index in [0.29, 0.717) is 24.7 Å². The number of esters is 1. The van der Waals surface area contributed by atoms with Crippen LogP contribution >= 0.6 is 0 Å². The maximum Gasteiger partial charge on any atom is 0.349 e. The summed E-state index contributed by atoms with van der Waals surface area (Å²) in [6, 6.07) is 2.56. The molecule has 3 nitrogen and oxygen atoms in total. The third-order valence-corrected chi connectivity index (χ3v) is 6.81. The Morgan fingerprint density at radius 2 is 1.28 bits per heavy atom. The van der Waals surface area contributed by atoms with Gasteiger partial charge in [0.15, 0.2) is 17.5 Å². The molecule has 198 valence electrons. The lowest BCUT2D eigenvalue weighted by Gasteiger charge is -2.28. The van der Waals surface area contributed by atoms with Crippen molar-refractivity contribution in [2.24, 2.45) is 11.8 Å². The van der Waals surface area contributed by atoms with Crippen LogP contribution in [0.2, 0.25) is 0 Å². The van der Waals surface area contributed by atoms with Crippen LogP contribution in [0.5, 0.6) is 11.5 Å². The van der Waals surface area contributed by atoms with Crippen molar-refractivity contribution < 1.29 is 36.2 Å². The number of hydrogen-bond acceptors (Lipinski definition) is 3. The molecule has 3 rings (SSSR count). The first kappa shape index (κ1) is 27.9. The molecule has 36 heavy (non-hydrogen) atoms. The summed E-state index contributed by atoms with van der Waals surface area (Å²) in [5, 5.41) is 0. The molecule has 2 aromatic carbocycles. The second-order valence-electron chi connectivity index (χ2n) is 9.61. The molecule has 1 fully saturated rings. The molecule has 1 aliphatic rings. The minimum absolute atomic E-state index is 0.0605. The first-order valence-corrected chi connectivity index (χ1v) is 12.8. The maximum atomic E-state index is 14.5. The van der Waals surface area contributed by atoms with Crippen LogP contribution in [-0.4, -0.2) is 12.6 Å². The van der Waals surface area contributed by atoms with Gasteiger partial charge in [-0.1, -0.05) is 64.7 Å². The van der Waals surface area contributed by atoms with Gasteiger partial charge in [-0.3, -0.25) is 0 Å². The van der Waals surface area contributed by atoms with Gasteiger partial charge >= 0.3 is 5.97 Å². The Kier molecular flexibility index (Phi) is 10.6. The molecule has 8 heteroatoms. The van der Waals surface area contributed by atoms with E-state index in [9.17, 15) is 26.7 Å². The van der Waals surface area contributed by atoms with Gasteiger partial charge in [-0.15, -0.1) is 0 Å². The van der Waals surface area contributed by atoms with Gasteiger partial charge in [-0.25, -0.2) is 26.7 Å². The summed E-state index contributed by atoms with van der Waals surface area (Å²) < 4.78 is 78.9. The quantitative estimate of drug-likeness (QED) is 0.0940. The number of rotatable bonds is 12. The molecule has 0 heterocycles. The molecule has 0 unspecified atom stereocenters. The van der Waals surface area contributed by atoms with Crippen LogP contribution < -0.4 is 9.47 Å². The topological polar surface area (TPSA) is 35.5 Å². The predicted molar refractivity (Wildman–Crippen MR) is 127 cm³/mol. The highest BCUT2D eigenvalue weighted by Gasteiger charge is 2.24. The lowest BCUT2D eigenvalue weighted by atomic mass is 9.80. The van der Waals surface area contributed by atoms with Gasteiger partial charge in [0, 0.05) is 24.3 Å². The number of carbonyl (C=O) groups is 1. The summed E-state index contributed by atoms with van der Waals surface area (Å²) in [5.74, 6) is -8.68. The maximum absolute atomic E-state index is 14.5. The highest BCUT2D eigenvalue weighted by molar-refractivity contribution is 5.91. The standard InChI is InChI=1S/C28H33F5O3/c1-2-3-4-5-6-7-8-18-9-11-19(12-10-18)17-35-20-13-22(29)26(23(30)14-20)28(34)36-21-15-24(31)27(33)25(32)16-21/h13-16,18-19H,2-12,17H2,1H3. The van der Waals surface area contributed by atoms with E-state index in [1.165, 1.54) is 44.9 Å². The van der Waals surface area contributed by atoms with Crippen molar-refractivity contribution in [1.82, 2.24) is 0 Å². The zero-order valence-corrected chi connectivity index (χ0v) is 20.6. The molecule has 0 saturated heterocycles. The zero-order valence-electron chi connectivity index (χ0n) is 20.6. The van der Waals surface area contributed by atoms with Crippen molar-refractivity contribution in [2.75, 3.05) is 6.61 Å². The molecule has 0 spiro atoms. The van der Waals surface area contributed by atoms with E-state index in [2.05, 4.69) is 11.7 Å². The normalized spacial score (nSPS) is 17.7. The lowest BCUT2D eigenvalue weighted by Crippen LogP contribution is -2.20. The van der Waals surface area contributed by atoms with E-state index in [1.54, 1.807) is 0 Å². The molecular formula is C28H33F5O3. The van der Waals surface area contributed by atoms with Gasteiger partial charge in [0.05, 0.1) is 6.61 Å². The number of halogens is 5. The van der Waals surface area contributed by atoms with E-state index in [-0.39, 0.29) is 5.75 Å². The molecule has 1 saturated carbocycles. The van der Waals surface area contributed by atoms with Crippen molar-refractivity contribution in [2.45, 2.75) is 77.6 Å². The van der Waals surface area contributed by atoms with Crippen molar-refractivity contribution in [3.8, 4) is 11.5 Å². The SMILES string of the molecule is CCCCCCCCC1CCC(COc2cc(F)c(C(=O)Oc3cc(F)c(F)c(F)c3)c(F)c2)CC1. The van der Waals surface area contributed by atoms with E-state index in [0.717, 1.165) is 43.7 Å². The summed E-state index contributed by atoms with van der Waals surface area (Å²) in [6.07, 6.45) is 13.3. The predicted octanol–water partition coefficient (Wildman–Crippen LogP) is 8.54. The van der Waals surface area contributed by atoms with Crippen LogP contribution in [0.4, 0.5) is 22.0 Å². The Bertz CT molecular complexity index is 972. The van der Waals surface area contributed by atoms with Gasteiger partial charge in [0.1, 0.15) is 28.7 Å². The Morgan fingerprint density at radius 1 is 0.750 bits per heavy atom. The summed E-state index contributed by atoms with van der Waals surface area (Å²) in [7, 11) is 0. The third-order valence-electron chi connectivity index (χ3n) is 6.81. The summed E-state index contributed by atoms with van der Waals surface area (Å²) in [6.45, 7) is 2.53. The second-order valence-corrected chi connectivity index (χ2v) is 9.61. The zero-order chi connectivity index (χ0) is 26.1. The number of hydrogen-bond donors (Lipinski definition) is 0. The first-order valence-electron chi connectivity index (χ1n) is 12.8. The van der Waals surface area contributed by atoms with E-state index < -0.39 is 46.4 Å². The fourth-order valence-electron chi connectivity index (χ4n) is 4.69. The van der Waals surface area contributed by atoms with Crippen LogP contribution in [0, 0.1) is 40.9 Å². The van der Waals surface area contributed by atoms with Crippen molar-refractivity contribution in [1.29, 1.82) is 0 Å². The van der Waals surface area contributed by atoms with Gasteiger partial charge < -0.3 is 9.47 Å². The number of ether oxygens (including phenoxy) is 2. The number of unbranched alkanes of at least 4 members (excludes halogenated alkanes) is 5. The first-order chi connectivity index (χ1) is 17.3. The fraction of sp³-hybridized carbons (Fsp3) is 0.536. The highest BCUT2D eigenvalue weighted by atomic mass is 19.2. The Hall–Kier alpha value is -2.64. The van der Waals surface area contributed by atoms with Gasteiger partial charge in [-0.2, -0.15) is 0 Å². The Balaban J connectivity index is 1.47. The average Bonchev–Trinajstić information content (AvgIpc) is 2.83. The second kappa shape index (κ2) is 13.6. The fourth-order valence-corrected chi connectivity index (χ4v) is 4.69. The van der Waals surface area contributed by atoms with Crippen LogP contribution in [0.1, 0.15) is 87.9 Å². The van der Waals surface area contributed by atoms with E-state index >= 15 is 0 Å². The summed E-state index contributed by atoms with van der Waals surface area (Å²) in [5.41, 5.74) is -1.04. The minimum Gasteiger partial charge on any atom is -0.493 e. The van der Waals surface area contributed by atoms with Gasteiger partial charge in [0.25, 0.3) is 0 Å². The van der Waals surface area contributed by atoms with Gasteiger partial charge in [0.2, 0.25) is 0 Å². The van der Waals surface area contributed by atoms with Crippen molar-refractivity contribution in [3.05, 3.63) is 58.9 Å². The largest absolute Gasteiger partial charge is 0.493 e. The Morgan fingerprint density at radius 3 is 1.89 bits per heavy atom. The van der Waals surface area contributed by atoms with Gasteiger partial charge in [-0.05, 0) is 24.7 Å². The van der Waals surface area contributed by atoms with Crippen LogP contribution in [-0.2, 0) is 0 Å². The monoisotopic (exact) mass is 512 g/mol. The molecule has 0 aromatic heterocycles. The summed E-state index contributed by atoms with van der Waals surface area (Å²) in [4.78, 5) is 12.2. The third kappa shape index (κ3) is 7.93. The molecular weight excluding hydrogens is 479 g/mol. The minimum atomic E-state index is -1.75. The number of carbonyl (C=O) groups excluding carboxylic acids is 1. The molecule has 0 atom stereocenters. The molecule has 0 aliphatic heterocycles. The molecule has 2 aromatic rings. The van der Waals surface area contributed by atoms with E-state index in [1.807, 2.05) is 0 Å². The molecule has 0 N–H and O–H groups in total. The summed E-state index contributed by atoms with van der Waals surface area (Å²) >= 11 is 0. The van der Waals surface area contributed by atoms with Crippen LogP contribution in [0.15, 0.2) is 24.3 Å². The van der Waals surface area contributed by atoms with E-state index in [4.69, 9.17) is 4.74 Å². The lowest BCUT2D eigenvalue weighted by molar-refractivity contribution is 0.0723. The smallest absolute Gasteiger partial charge is 0.349 e. The molecule has 0 amide bonds. The molecule has 1 aliphatic carbocycles. The van der Waals surface area contributed by atoms with Crippen LogP contribution in [0.3, 0.4) is 0 Å². The van der Waals surface area contributed by atoms with Crippen LogP contribution in [0.25, 0.3) is 0 Å².